The second-order valence-electron chi connectivity index (χ2n) is 9.82. The molecule has 3 saturated heterocycles. The van der Waals surface area contributed by atoms with Crippen LogP contribution in [0.3, 0.4) is 0 Å². The SMILES string of the molecule is CC.Clc1ccc2ncnc(N3CCCCC3c3cc4nc(N5CCC5)cc(N5CCOCC5)n4n3)c2c1. The zero-order valence-electron chi connectivity index (χ0n) is 22.2. The molecule has 9 nitrogen and oxygen atoms in total. The molecule has 3 aliphatic rings. The number of ether oxygens (including phenoxy) is 1. The Morgan fingerprint density at radius 3 is 2.53 bits per heavy atom. The van der Waals surface area contributed by atoms with Gasteiger partial charge in [-0.05, 0) is 43.9 Å². The molecular weight excluding hydrogens is 500 g/mol. The van der Waals surface area contributed by atoms with Crippen molar-refractivity contribution in [1.29, 1.82) is 0 Å². The maximum absolute atomic E-state index is 6.37. The predicted octanol–water partition coefficient (Wildman–Crippen LogP) is 5.13. The van der Waals surface area contributed by atoms with E-state index in [9.17, 15) is 0 Å². The Bertz CT molecular complexity index is 1420. The van der Waals surface area contributed by atoms with Gasteiger partial charge in [0, 0.05) is 55.3 Å². The number of rotatable bonds is 4. The lowest BCUT2D eigenvalue weighted by molar-refractivity contribution is 0.122. The lowest BCUT2D eigenvalue weighted by Gasteiger charge is -2.36. The van der Waals surface area contributed by atoms with Crippen LogP contribution in [0, 0.1) is 0 Å². The van der Waals surface area contributed by atoms with Crippen LogP contribution in [-0.4, -0.2) is 70.5 Å². The van der Waals surface area contributed by atoms with E-state index >= 15 is 0 Å². The van der Waals surface area contributed by atoms with Gasteiger partial charge in [-0.25, -0.2) is 15.0 Å². The van der Waals surface area contributed by atoms with E-state index < -0.39 is 0 Å². The molecule has 7 rings (SSSR count). The quantitative estimate of drug-likeness (QED) is 0.357. The zero-order valence-corrected chi connectivity index (χ0v) is 22.9. The van der Waals surface area contributed by atoms with Crippen molar-refractivity contribution < 1.29 is 4.74 Å². The zero-order chi connectivity index (χ0) is 26.1. The Morgan fingerprint density at radius 2 is 1.74 bits per heavy atom. The van der Waals surface area contributed by atoms with E-state index in [1.807, 2.05) is 36.6 Å². The Hall–Kier alpha value is -3.17. The van der Waals surface area contributed by atoms with E-state index in [-0.39, 0.29) is 6.04 Å². The van der Waals surface area contributed by atoms with Crippen LogP contribution in [0.5, 0.6) is 0 Å². The molecule has 0 radical (unpaired) electrons. The minimum absolute atomic E-state index is 0.113. The molecule has 0 spiro atoms. The predicted molar refractivity (Wildman–Crippen MR) is 153 cm³/mol. The molecule has 0 bridgehead atoms. The van der Waals surface area contributed by atoms with Crippen LogP contribution in [0.25, 0.3) is 16.6 Å². The standard InChI is InChI=1S/C26H29ClN8O.C2H6/c27-18-5-6-20-19(14-18)26(29-17-28-20)34-9-2-1-4-22(34)21-15-24-30-23(32-7-3-8-32)16-25(35(24)31-21)33-10-12-36-13-11-33;1-2/h5-6,14-17,22H,1-4,7-13H2;1-2H3. The summed E-state index contributed by atoms with van der Waals surface area (Å²) in [5.74, 6) is 3.06. The van der Waals surface area contributed by atoms with E-state index in [4.69, 9.17) is 31.4 Å². The summed E-state index contributed by atoms with van der Waals surface area (Å²) in [7, 11) is 0. The van der Waals surface area contributed by atoms with E-state index in [1.54, 1.807) is 6.33 Å². The van der Waals surface area contributed by atoms with Crippen LogP contribution < -0.4 is 14.7 Å². The molecule has 10 heteroatoms. The van der Waals surface area contributed by atoms with Gasteiger partial charge in [0.1, 0.15) is 23.8 Å². The first-order valence-electron chi connectivity index (χ1n) is 13.9. The number of nitrogens with zero attached hydrogens (tertiary/aromatic N) is 8. The van der Waals surface area contributed by atoms with Gasteiger partial charge in [0.05, 0.1) is 30.5 Å². The third kappa shape index (κ3) is 4.62. The molecule has 4 aromatic rings. The van der Waals surface area contributed by atoms with Crippen LogP contribution in [0.1, 0.15) is 51.3 Å². The van der Waals surface area contributed by atoms with Crippen molar-refractivity contribution in [3.05, 3.63) is 47.4 Å². The lowest BCUT2D eigenvalue weighted by Crippen LogP contribution is -2.40. The molecule has 3 aromatic heterocycles. The molecule has 1 atom stereocenters. The van der Waals surface area contributed by atoms with Crippen molar-refractivity contribution >= 4 is 45.6 Å². The maximum Gasteiger partial charge on any atom is 0.160 e. The summed E-state index contributed by atoms with van der Waals surface area (Å²) in [6.45, 7) is 10.2. The molecule has 3 aliphatic heterocycles. The number of hydrogen-bond acceptors (Lipinski definition) is 8. The van der Waals surface area contributed by atoms with Gasteiger partial charge in [0.25, 0.3) is 0 Å². The summed E-state index contributed by atoms with van der Waals surface area (Å²) in [5, 5.41) is 6.84. The van der Waals surface area contributed by atoms with Gasteiger partial charge in [-0.15, -0.1) is 0 Å². The van der Waals surface area contributed by atoms with Crippen LogP contribution in [0.15, 0.2) is 36.7 Å². The molecule has 0 N–H and O–H groups in total. The molecule has 200 valence electrons. The molecule has 0 aliphatic carbocycles. The fraction of sp³-hybridized carbons (Fsp3) is 0.500. The van der Waals surface area contributed by atoms with Crippen molar-refractivity contribution in [1.82, 2.24) is 24.6 Å². The molecule has 3 fully saturated rings. The van der Waals surface area contributed by atoms with Gasteiger partial charge >= 0.3 is 0 Å². The van der Waals surface area contributed by atoms with Crippen molar-refractivity contribution in [3.63, 3.8) is 0 Å². The molecular formula is C28H35ClN8O. The van der Waals surface area contributed by atoms with Crippen LogP contribution in [0.4, 0.5) is 17.5 Å². The van der Waals surface area contributed by atoms with Crippen LogP contribution >= 0.6 is 11.6 Å². The van der Waals surface area contributed by atoms with Crippen LogP contribution in [-0.2, 0) is 4.74 Å². The smallest absolute Gasteiger partial charge is 0.160 e. The van der Waals surface area contributed by atoms with E-state index in [1.165, 1.54) is 6.42 Å². The number of aromatic nitrogens is 5. The number of morpholine rings is 1. The summed E-state index contributed by atoms with van der Waals surface area (Å²) in [5.41, 5.74) is 2.84. The minimum Gasteiger partial charge on any atom is -0.378 e. The van der Waals surface area contributed by atoms with Gasteiger partial charge in [-0.3, -0.25) is 0 Å². The van der Waals surface area contributed by atoms with Crippen molar-refractivity contribution in [2.24, 2.45) is 0 Å². The number of halogens is 1. The summed E-state index contributed by atoms with van der Waals surface area (Å²) >= 11 is 6.37. The molecule has 6 heterocycles. The minimum atomic E-state index is 0.113. The molecule has 0 amide bonds. The second-order valence-corrected chi connectivity index (χ2v) is 10.3. The van der Waals surface area contributed by atoms with Crippen molar-refractivity contribution in [2.75, 3.05) is 60.6 Å². The highest BCUT2D eigenvalue weighted by Gasteiger charge is 2.30. The van der Waals surface area contributed by atoms with E-state index in [0.717, 1.165) is 105 Å². The normalized spacial score (nSPS) is 19.9. The van der Waals surface area contributed by atoms with E-state index in [0.29, 0.717) is 5.02 Å². The molecule has 1 aromatic carbocycles. The second kappa shape index (κ2) is 10.9. The molecule has 0 saturated carbocycles. The Labute approximate surface area is 228 Å². The monoisotopic (exact) mass is 534 g/mol. The van der Waals surface area contributed by atoms with Gasteiger partial charge in [0.15, 0.2) is 5.65 Å². The third-order valence-electron chi connectivity index (χ3n) is 7.62. The average Bonchev–Trinajstić information content (AvgIpc) is 3.37. The topological polar surface area (TPSA) is 74.9 Å². The highest BCUT2D eigenvalue weighted by atomic mass is 35.5. The Balaban J connectivity index is 0.00000129. The Kier molecular flexibility index (Phi) is 7.21. The number of fused-ring (bicyclic) bond motifs is 2. The first-order chi connectivity index (χ1) is 18.7. The first-order valence-corrected chi connectivity index (χ1v) is 14.3. The van der Waals surface area contributed by atoms with Gasteiger partial charge in [-0.2, -0.15) is 9.61 Å². The maximum atomic E-state index is 6.37. The fourth-order valence-corrected chi connectivity index (χ4v) is 5.76. The fourth-order valence-electron chi connectivity index (χ4n) is 5.59. The largest absolute Gasteiger partial charge is 0.378 e. The number of anilines is 3. The molecule has 1 unspecified atom stereocenters. The number of hydrogen-bond donors (Lipinski definition) is 0. The summed E-state index contributed by atoms with van der Waals surface area (Å²) in [6.07, 6.45) is 6.16. The Morgan fingerprint density at radius 1 is 0.895 bits per heavy atom. The molecule has 38 heavy (non-hydrogen) atoms. The van der Waals surface area contributed by atoms with Crippen molar-refractivity contribution in [3.8, 4) is 0 Å². The van der Waals surface area contributed by atoms with Crippen molar-refractivity contribution in [2.45, 2.75) is 45.6 Å². The third-order valence-corrected chi connectivity index (χ3v) is 7.86. The number of piperidine rings is 1. The van der Waals surface area contributed by atoms with Gasteiger partial charge in [-0.1, -0.05) is 25.4 Å². The average molecular weight is 535 g/mol. The summed E-state index contributed by atoms with van der Waals surface area (Å²) in [6, 6.07) is 10.3. The highest BCUT2D eigenvalue weighted by Crippen LogP contribution is 2.38. The summed E-state index contributed by atoms with van der Waals surface area (Å²) < 4.78 is 7.66. The van der Waals surface area contributed by atoms with E-state index in [2.05, 4.69) is 31.8 Å². The highest BCUT2D eigenvalue weighted by molar-refractivity contribution is 6.31. The number of benzene rings is 1. The van der Waals surface area contributed by atoms with Gasteiger partial charge in [0.2, 0.25) is 0 Å². The van der Waals surface area contributed by atoms with Crippen LogP contribution in [0.2, 0.25) is 5.02 Å². The first kappa shape index (κ1) is 25.1. The lowest BCUT2D eigenvalue weighted by atomic mass is 9.99. The van der Waals surface area contributed by atoms with Gasteiger partial charge < -0.3 is 19.4 Å². The summed E-state index contributed by atoms with van der Waals surface area (Å²) in [4.78, 5) is 21.3.